The van der Waals surface area contributed by atoms with Gasteiger partial charge < -0.3 is 19.5 Å². The van der Waals surface area contributed by atoms with E-state index >= 15 is 0 Å². The number of aromatic nitrogens is 2. The maximum atomic E-state index is 11.5. The van der Waals surface area contributed by atoms with Crippen molar-refractivity contribution in [2.75, 3.05) is 26.1 Å². The van der Waals surface area contributed by atoms with Crippen LogP contribution in [-0.2, 0) is 4.79 Å². The van der Waals surface area contributed by atoms with Gasteiger partial charge in [-0.05, 0) is 36.8 Å². The molecule has 3 aromatic rings. The van der Waals surface area contributed by atoms with Crippen LogP contribution in [-0.4, -0.2) is 36.3 Å². The number of nitrogens with one attached hydrogen (secondary N) is 1. The number of rotatable bonds is 4. The van der Waals surface area contributed by atoms with Gasteiger partial charge >= 0.3 is 0 Å². The Kier molecular flexibility index (Phi) is 4.19. The zero-order chi connectivity index (χ0) is 19.0. The van der Waals surface area contributed by atoms with Gasteiger partial charge in [-0.3, -0.25) is 9.36 Å². The normalized spacial score (nSPS) is 12.8. The summed E-state index contributed by atoms with van der Waals surface area (Å²) in [7, 11) is 3.22. The fraction of sp³-hybridized carbons (Fsp3) is 0.200. The van der Waals surface area contributed by atoms with Gasteiger partial charge in [0.25, 0.3) is 5.91 Å². The number of nitrogens with zero attached hydrogens (tertiary/aromatic N) is 2. The molecule has 138 valence electrons. The van der Waals surface area contributed by atoms with E-state index in [4.69, 9.17) is 14.2 Å². The third-order valence-corrected chi connectivity index (χ3v) is 4.38. The van der Waals surface area contributed by atoms with Crippen molar-refractivity contribution in [1.82, 2.24) is 9.55 Å². The van der Waals surface area contributed by atoms with Gasteiger partial charge in [-0.2, -0.15) is 0 Å². The van der Waals surface area contributed by atoms with Crippen molar-refractivity contribution in [3.63, 3.8) is 0 Å². The van der Waals surface area contributed by atoms with E-state index in [0.717, 1.165) is 16.8 Å². The van der Waals surface area contributed by atoms with Gasteiger partial charge in [0, 0.05) is 18.5 Å². The van der Waals surface area contributed by atoms with Crippen LogP contribution in [0.1, 0.15) is 5.56 Å². The van der Waals surface area contributed by atoms with E-state index in [1.54, 1.807) is 20.4 Å². The minimum Gasteiger partial charge on any atom is -0.493 e. The summed E-state index contributed by atoms with van der Waals surface area (Å²) in [6.45, 7) is 2.00. The lowest BCUT2D eigenvalue weighted by Gasteiger charge is -2.19. The molecule has 1 N–H and O–H groups in total. The highest BCUT2D eigenvalue weighted by Gasteiger charge is 2.20. The molecule has 27 heavy (non-hydrogen) atoms. The molecular formula is C20H19N3O4. The highest BCUT2D eigenvalue weighted by molar-refractivity contribution is 5.95. The average Bonchev–Trinajstić information content (AvgIpc) is 3.16. The van der Waals surface area contributed by atoms with Crippen molar-refractivity contribution in [2.45, 2.75) is 6.92 Å². The van der Waals surface area contributed by atoms with E-state index in [1.165, 1.54) is 0 Å². The summed E-state index contributed by atoms with van der Waals surface area (Å²) in [6, 6.07) is 9.53. The summed E-state index contributed by atoms with van der Waals surface area (Å²) in [5.41, 5.74) is 3.38. The van der Waals surface area contributed by atoms with E-state index in [9.17, 15) is 4.79 Å². The van der Waals surface area contributed by atoms with Crippen molar-refractivity contribution < 1.29 is 19.0 Å². The minimum atomic E-state index is -0.157. The van der Waals surface area contributed by atoms with Gasteiger partial charge in [0.15, 0.2) is 18.1 Å². The van der Waals surface area contributed by atoms with Gasteiger partial charge in [-0.15, -0.1) is 0 Å². The van der Waals surface area contributed by atoms with Gasteiger partial charge in [0.2, 0.25) is 0 Å². The molecule has 2 aromatic carbocycles. The van der Waals surface area contributed by atoms with Crippen LogP contribution in [0.2, 0.25) is 0 Å². The number of benzene rings is 2. The molecule has 1 amide bonds. The molecule has 0 spiro atoms. The number of anilines is 1. The Morgan fingerprint density at radius 2 is 2.04 bits per heavy atom. The van der Waals surface area contributed by atoms with E-state index in [0.29, 0.717) is 28.8 Å². The van der Waals surface area contributed by atoms with Gasteiger partial charge in [0.05, 0.1) is 31.2 Å². The van der Waals surface area contributed by atoms with E-state index in [1.807, 2.05) is 48.0 Å². The number of hydrogen-bond acceptors (Lipinski definition) is 5. The minimum absolute atomic E-state index is 0.0101. The molecule has 0 saturated heterocycles. The zero-order valence-electron chi connectivity index (χ0n) is 15.3. The molecule has 0 unspecified atom stereocenters. The lowest BCUT2D eigenvalue weighted by Crippen LogP contribution is -2.25. The molecule has 7 nitrogen and oxygen atoms in total. The van der Waals surface area contributed by atoms with Crippen molar-refractivity contribution in [2.24, 2.45) is 0 Å². The Labute approximate surface area is 156 Å². The second-order valence-corrected chi connectivity index (χ2v) is 6.19. The van der Waals surface area contributed by atoms with E-state index < -0.39 is 0 Å². The van der Waals surface area contributed by atoms with Gasteiger partial charge in [-0.25, -0.2) is 4.98 Å². The molecule has 1 aromatic heterocycles. The predicted molar refractivity (Wildman–Crippen MR) is 101 cm³/mol. The van der Waals surface area contributed by atoms with Crippen LogP contribution in [0.25, 0.3) is 17.1 Å². The summed E-state index contributed by atoms with van der Waals surface area (Å²) in [5, 5.41) is 2.79. The van der Waals surface area contributed by atoms with E-state index in [-0.39, 0.29) is 12.5 Å². The average molecular weight is 365 g/mol. The predicted octanol–water partition coefficient (Wildman–Crippen LogP) is 3.20. The first-order valence-electron chi connectivity index (χ1n) is 8.44. The SMILES string of the molecule is COc1cc(C)cc(-c2nccn2-c2ccc3c(c2)OCC(=O)N3)c1OC. The quantitative estimate of drug-likeness (QED) is 0.769. The molecule has 0 atom stereocenters. The first-order valence-corrected chi connectivity index (χ1v) is 8.44. The van der Waals surface area contributed by atoms with Gasteiger partial charge in [-0.1, -0.05) is 0 Å². The zero-order valence-corrected chi connectivity index (χ0v) is 15.3. The lowest BCUT2D eigenvalue weighted by atomic mass is 10.1. The third-order valence-electron chi connectivity index (χ3n) is 4.38. The molecule has 4 rings (SSSR count). The summed E-state index contributed by atoms with van der Waals surface area (Å²) in [5.74, 6) is 2.46. The standard InChI is InChI=1S/C20H19N3O4/c1-12-8-14(19(26-3)17(9-12)25-2)20-21-6-7-23(20)13-4-5-15-16(10-13)27-11-18(24)22-15/h4-10H,11H2,1-3H3,(H,22,24). The molecule has 1 aliphatic heterocycles. The number of aryl methyl sites for hydroxylation is 1. The number of carbonyl (C=O) groups is 1. The Hall–Kier alpha value is -3.48. The second kappa shape index (κ2) is 6.68. The van der Waals surface area contributed by atoms with Crippen LogP contribution in [0.15, 0.2) is 42.7 Å². The molecule has 0 saturated carbocycles. The first-order chi connectivity index (χ1) is 13.1. The molecular weight excluding hydrogens is 346 g/mol. The van der Waals surface area contributed by atoms with Crippen LogP contribution in [0, 0.1) is 6.92 Å². The van der Waals surface area contributed by atoms with E-state index in [2.05, 4.69) is 10.3 Å². The van der Waals surface area contributed by atoms with Gasteiger partial charge in [0.1, 0.15) is 11.6 Å². The first kappa shape index (κ1) is 17.0. The van der Waals surface area contributed by atoms with Crippen LogP contribution in [0.3, 0.4) is 0 Å². The molecule has 2 heterocycles. The summed E-state index contributed by atoms with van der Waals surface area (Å²) < 4.78 is 18.5. The van der Waals surface area contributed by atoms with Crippen molar-refractivity contribution in [3.05, 3.63) is 48.3 Å². The van der Waals surface area contributed by atoms with Crippen molar-refractivity contribution in [1.29, 1.82) is 0 Å². The maximum absolute atomic E-state index is 11.5. The second-order valence-electron chi connectivity index (χ2n) is 6.19. The third kappa shape index (κ3) is 2.97. The highest BCUT2D eigenvalue weighted by atomic mass is 16.5. The summed E-state index contributed by atoms with van der Waals surface area (Å²) in [4.78, 5) is 16.0. The summed E-state index contributed by atoms with van der Waals surface area (Å²) >= 11 is 0. The highest BCUT2D eigenvalue weighted by Crippen LogP contribution is 2.39. The number of fused-ring (bicyclic) bond motifs is 1. The molecule has 1 aliphatic rings. The fourth-order valence-corrected chi connectivity index (χ4v) is 3.19. The number of ether oxygens (including phenoxy) is 3. The Bertz CT molecular complexity index is 1030. The van der Waals surface area contributed by atoms with Crippen LogP contribution in [0.4, 0.5) is 5.69 Å². The van der Waals surface area contributed by atoms with Crippen molar-refractivity contribution in [3.8, 4) is 34.3 Å². The largest absolute Gasteiger partial charge is 0.493 e. The molecule has 7 heteroatoms. The Morgan fingerprint density at radius 1 is 1.19 bits per heavy atom. The number of carbonyl (C=O) groups excluding carboxylic acids is 1. The molecule has 0 bridgehead atoms. The smallest absolute Gasteiger partial charge is 0.262 e. The number of methoxy groups -OCH3 is 2. The lowest BCUT2D eigenvalue weighted by molar-refractivity contribution is -0.118. The van der Waals surface area contributed by atoms with Crippen LogP contribution >= 0.6 is 0 Å². The molecule has 0 radical (unpaired) electrons. The fourth-order valence-electron chi connectivity index (χ4n) is 3.19. The monoisotopic (exact) mass is 365 g/mol. The van der Waals surface area contributed by atoms with Crippen LogP contribution < -0.4 is 19.5 Å². The number of amides is 1. The Balaban J connectivity index is 1.83. The topological polar surface area (TPSA) is 74.6 Å². The maximum Gasteiger partial charge on any atom is 0.262 e. The van der Waals surface area contributed by atoms with Crippen LogP contribution in [0.5, 0.6) is 17.2 Å². The number of hydrogen-bond donors (Lipinski definition) is 1. The number of imidazole rings is 1. The van der Waals surface area contributed by atoms with Crippen molar-refractivity contribution >= 4 is 11.6 Å². The molecule has 0 fully saturated rings. The molecule has 0 aliphatic carbocycles. The summed E-state index contributed by atoms with van der Waals surface area (Å²) in [6.07, 6.45) is 3.60. The Morgan fingerprint density at radius 3 is 2.81 bits per heavy atom.